The fourth-order valence-electron chi connectivity index (χ4n) is 3.91. The molecule has 172 valence electrons. The number of rotatable bonds is 3. The molecule has 1 aliphatic heterocycles. The van der Waals surface area contributed by atoms with Crippen LogP contribution in [0.2, 0.25) is 0 Å². The van der Waals surface area contributed by atoms with Crippen LogP contribution in [0.5, 0.6) is 0 Å². The number of aromatic nitrogens is 2. The van der Waals surface area contributed by atoms with E-state index in [-0.39, 0.29) is 17.3 Å². The Balaban J connectivity index is 1.32. The summed E-state index contributed by atoms with van der Waals surface area (Å²) in [7, 11) is 0. The van der Waals surface area contributed by atoms with Gasteiger partial charge in [-0.15, -0.1) is 0 Å². The number of benzene rings is 2. The molecule has 4 aromatic rings. The second-order valence-electron chi connectivity index (χ2n) is 7.80. The Morgan fingerprint density at radius 1 is 0.971 bits per heavy atom. The van der Waals surface area contributed by atoms with Crippen LogP contribution in [0, 0.1) is 5.82 Å². The van der Waals surface area contributed by atoms with Gasteiger partial charge in [0, 0.05) is 47.7 Å². The molecule has 0 spiro atoms. The molecule has 3 heterocycles. The van der Waals surface area contributed by atoms with Crippen LogP contribution >= 0.6 is 31.9 Å². The van der Waals surface area contributed by atoms with Gasteiger partial charge in [-0.3, -0.25) is 4.79 Å². The maximum absolute atomic E-state index is 13.2. The van der Waals surface area contributed by atoms with Crippen molar-refractivity contribution in [1.82, 2.24) is 14.9 Å². The Morgan fingerprint density at radius 2 is 1.71 bits per heavy atom. The van der Waals surface area contributed by atoms with Gasteiger partial charge < -0.3 is 14.2 Å². The van der Waals surface area contributed by atoms with E-state index in [4.69, 9.17) is 4.42 Å². The highest BCUT2D eigenvalue weighted by Crippen LogP contribution is 2.28. The van der Waals surface area contributed by atoms with Crippen LogP contribution in [-0.4, -0.2) is 47.0 Å². The van der Waals surface area contributed by atoms with Crippen molar-refractivity contribution in [2.75, 3.05) is 31.1 Å². The highest BCUT2D eigenvalue weighted by molar-refractivity contribution is 9.11. The average molecular weight is 588 g/mol. The molecule has 7 nitrogen and oxygen atoms in total. The van der Waals surface area contributed by atoms with Gasteiger partial charge in [-0.2, -0.15) is 0 Å². The molecule has 5 rings (SSSR count). The molecule has 0 aliphatic carbocycles. The topological polar surface area (TPSA) is 79.5 Å². The maximum atomic E-state index is 13.2. The van der Waals surface area contributed by atoms with Gasteiger partial charge >= 0.3 is 5.63 Å². The van der Waals surface area contributed by atoms with E-state index in [1.807, 2.05) is 6.07 Å². The minimum absolute atomic E-state index is 0.00609. The number of amides is 1. The number of hydrogen-bond acceptors (Lipinski definition) is 6. The Hall–Kier alpha value is -3.11. The summed E-state index contributed by atoms with van der Waals surface area (Å²) >= 11 is 6.80. The van der Waals surface area contributed by atoms with Gasteiger partial charge in [-0.05, 0) is 58.4 Å². The molecule has 0 radical (unpaired) electrons. The van der Waals surface area contributed by atoms with E-state index in [1.54, 1.807) is 35.2 Å². The molecule has 1 fully saturated rings. The largest absolute Gasteiger partial charge is 0.421 e. The molecule has 34 heavy (non-hydrogen) atoms. The Morgan fingerprint density at radius 3 is 2.44 bits per heavy atom. The quantitative estimate of drug-likeness (QED) is 0.318. The first-order valence-electron chi connectivity index (χ1n) is 10.4. The smallest absolute Gasteiger partial charge is 0.349 e. The number of hydrogen-bond donors (Lipinski definition) is 0. The summed E-state index contributed by atoms with van der Waals surface area (Å²) < 4.78 is 20.1. The zero-order chi connectivity index (χ0) is 23.8. The third kappa shape index (κ3) is 4.47. The van der Waals surface area contributed by atoms with Crippen molar-refractivity contribution in [3.8, 4) is 11.3 Å². The second kappa shape index (κ2) is 9.27. The number of anilines is 1. The van der Waals surface area contributed by atoms with Crippen molar-refractivity contribution in [3.05, 3.63) is 85.6 Å². The summed E-state index contributed by atoms with van der Waals surface area (Å²) in [5.74, 6) is 0.0574. The van der Waals surface area contributed by atoms with Crippen molar-refractivity contribution < 1.29 is 13.6 Å². The van der Waals surface area contributed by atoms with E-state index in [0.717, 1.165) is 15.9 Å². The summed E-state index contributed by atoms with van der Waals surface area (Å²) in [6.07, 6.45) is 1.47. The lowest BCUT2D eigenvalue weighted by molar-refractivity contribution is 0.0742. The minimum Gasteiger partial charge on any atom is -0.421 e. The van der Waals surface area contributed by atoms with Crippen LogP contribution in [0.4, 0.5) is 10.2 Å². The molecule has 1 saturated heterocycles. The maximum Gasteiger partial charge on any atom is 0.349 e. The van der Waals surface area contributed by atoms with Crippen molar-refractivity contribution in [2.45, 2.75) is 0 Å². The van der Waals surface area contributed by atoms with E-state index in [9.17, 15) is 14.0 Å². The van der Waals surface area contributed by atoms with Crippen LogP contribution in [0.1, 0.15) is 10.4 Å². The molecule has 0 bridgehead atoms. The Labute approximate surface area is 210 Å². The zero-order valence-electron chi connectivity index (χ0n) is 17.7. The number of carbonyl (C=O) groups is 1. The molecule has 2 aromatic heterocycles. The molecule has 2 aromatic carbocycles. The zero-order valence-corrected chi connectivity index (χ0v) is 20.8. The first-order chi connectivity index (χ1) is 16.4. The number of nitrogens with zero attached hydrogens (tertiary/aromatic N) is 4. The molecule has 0 unspecified atom stereocenters. The Kier molecular flexibility index (Phi) is 6.18. The van der Waals surface area contributed by atoms with Crippen LogP contribution < -0.4 is 10.5 Å². The van der Waals surface area contributed by atoms with E-state index in [1.165, 1.54) is 18.5 Å². The van der Waals surface area contributed by atoms with Crippen molar-refractivity contribution in [2.24, 2.45) is 0 Å². The van der Waals surface area contributed by atoms with Crippen molar-refractivity contribution >= 4 is 54.6 Å². The van der Waals surface area contributed by atoms with Gasteiger partial charge in [0.05, 0.1) is 10.2 Å². The van der Waals surface area contributed by atoms with Gasteiger partial charge in [0.25, 0.3) is 5.91 Å². The molecule has 1 amide bonds. The number of carbonyl (C=O) groups excluding carboxylic acids is 1. The lowest BCUT2D eigenvalue weighted by atomic mass is 10.1. The predicted octanol–water partition coefficient (Wildman–Crippen LogP) is 4.88. The summed E-state index contributed by atoms with van der Waals surface area (Å²) in [4.78, 5) is 38.0. The Bertz CT molecular complexity index is 1450. The first kappa shape index (κ1) is 22.7. The monoisotopic (exact) mass is 586 g/mol. The highest BCUT2D eigenvalue weighted by atomic mass is 79.9. The third-order valence-electron chi connectivity index (χ3n) is 5.67. The third-order valence-corrected chi connectivity index (χ3v) is 6.71. The van der Waals surface area contributed by atoms with Crippen molar-refractivity contribution in [3.63, 3.8) is 0 Å². The predicted molar refractivity (Wildman–Crippen MR) is 133 cm³/mol. The number of piperazine rings is 1. The first-order valence-corrected chi connectivity index (χ1v) is 12.0. The van der Waals surface area contributed by atoms with Crippen molar-refractivity contribution in [1.29, 1.82) is 0 Å². The normalized spacial score (nSPS) is 14.0. The van der Waals surface area contributed by atoms with Gasteiger partial charge in [-0.1, -0.05) is 15.9 Å². The average Bonchev–Trinajstić information content (AvgIpc) is 2.84. The van der Waals surface area contributed by atoms with Gasteiger partial charge in [-0.25, -0.2) is 19.2 Å². The fraction of sp³-hybridized carbons (Fsp3) is 0.167. The number of halogens is 3. The SMILES string of the molecule is O=C(c1cc2cc(Br)cc(Br)c2oc1=O)N1CCN(c2cc(-c3ccc(F)cc3)ncn2)CC1. The molecule has 0 saturated carbocycles. The summed E-state index contributed by atoms with van der Waals surface area (Å²) in [6.45, 7) is 1.94. The van der Waals surface area contributed by atoms with E-state index in [2.05, 4.69) is 46.7 Å². The van der Waals surface area contributed by atoms with E-state index in [0.29, 0.717) is 47.3 Å². The fourth-order valence-corrected chi connectivity index (χ4v) is 5.25. The molecule has 0 atom stereocenters. The molecule has 10 heteroatoms. The summed E-state index contributed by atoms with van der Waals surface area (Å²) in [5, 5.41) is 0.650. The molecule has 1 aliphatic rings. The van der Waals surface area contributed by atoms with Crippen LogP contribution in [0.3, 0.4) is 0 Å². The minimum atomic E-state index is -0.664. The highest BCUT2D eigenvalue weighted by Gasteiger charge is 2.26. The molecular formula is C24H17Br2FN4O3. The van der Waals surface area contributed by atoms with Crippen LogP contribution in [-0.2, 0) is 0 Å². The van der Waals surface area contributed by atoms with Gasteiger partial charge in [0.15, 0.2) is 5.58 Å². The van der Waals surface area contributed by atoms with Crippen LogP contribution in [0.25, 0.3) is 22.2 Å². The van der Waals surface area contributed by atoms with E-state index < -0.39 is 5.63 Å². The van der Waals surface area contributed by atoms with E-state index >= 15 is 0 Å². The number of fused-ring (bicyclic) bond motifs is 1. The van der Waals surface area contributed by atoms with Gasteiger partial charge in [0.1, 0.15) is 23.5 Å². The molecule has 0 N–H and O–H groups in total. The standard InChI is InChI=1S/C24H17Br2FN4O3/c25-16-9-15-10-18(24(33)34-22(15)19(26)11-16)23(32)31-7-5-30(6-8-31)21-12-20(28-13-29-21)14-1-3-17(27)4-2-14/h1-4,9-13H,5-8H2. The molecular weight excluding hydrogens is 571 g/mol. The lowest BCUT2D eigenvalue weighted by Crippen LogP contribution is -2.49. The lowest BCUT2D eigenvalue weighted by Gasteiger charge is -2.35. The van der Waals surface area contributed by atoms with Gasteiger partial charge in [0.2, 0.25) is 0 Å². The summed E-state index contributed by atoms with van der Waals surface area (Å²) in [6, 6.07) is 13.1. The van der Waals surface area contributed by atoms with Crippen LogP contribution in [0.15, 0.2) is 73.0 Å². The summed E-state index contributed by atoms with van der Waals surface area (Å²) in [5.41, 5.74) is 1.22. The second-order valence-corrected chi connectivity index (χ2v) is 9.57.